The third-order valence-electron chi connectivity index (χ3n) is 5.93. The number of ether oxygens (including phenoxy) is 1. The summed E-state index contributed by atoms with van der Waals surface area (Å²) in [6.45, 7) is 20.2. The molecule has 3 nitrogen and oxygen atoms in total. The van der Waals surface area contributed by atoms with Crippen molar-refractivity contribution in [1.29, 1.82) is 0 Å². The van der Waals surface area contributed by atoms with Crippen LogP contribution in [0.3, 0.4) is 0 Å². The normalized spacial score (nSPS) is 25.2. The minimum absolute atomic E-state index is 0.0268. The van der Waals surface area contributed by atoms with Crippen LogP contribution in [-0.4, -0.2) is 17.6 Å². The van der Waals surface area contributed by atoms with Gasteiger partial charge in [0.1, 0.15) is 0 Å². The number of cyclic esters (lactones) is 2. The molecule has 2 aliphatic heterocycles. The van der Waals surface area contributed by atoms with Crippen LogP contribution in [0.15, 0.2) is 24.0 Å². The Kier molecular flexibility index (Phi) is 5.40. The van der Waals surface area contributed by atoms with Gasteiger partial charge < -0.3 is 4.74 Å². The van der Waals surface area contributed by atoms with Gasteiger partial charge in [-0.3, -0.25) is 9.59 Å². The summed E-state index contributed by atoms with van der Waals surface area (Å²) in [5.74, 6) is 1.18. The average molecular weight is 415 g/mol. The fraction of sp³-hybridized carbons (Fsp3) is 0.600. The van der Waals surface area contributed by atoms with Crippen molar-refractivity contribution in [2.45, 2.75) is 90.6 Å². The summed E-state index contributed by atoms with van der Waals surface area (Å²) in [6.07, 6.45) is 2.69. The van der Waals surface area contributed by atoms with Crippen LogP contribution in [0, 0.1) is 5.92 Å². The lowest BCUT2D eigenvalue weighted by molar-refractivity contribution is -0.153. The predicted octanol–water partition coefficient (Wildman–Crippen LogP) is 5.67. The summed E-state index contributed by atoms with van der Waals surface area (Å²) >= 11 is 0. The third kappa shape index (κ3) is 4.08. The second-order valence-electron chi connectivity index (χ2n) is 11.5. The number of benzene rings is 1. The van der Waals surface area contributed by atoms with Crippen molar-refractivity contribution in [2.24, 2.45) is 5.92 Å². The SMILES string of the molecule is CC(C)(C)c1cc(C(C)(C)C)c(P2C=CCC3C(=O)OC(=O)C32)c(C(C)(C)C)c1. The molecule has 0 spiro atoms. The zero-order chi connectivity index (χ0) is 21.9. The molecule has 1 aromatic carbocycles. The molecule has 4 heteroatoms. The molecule has 1 saturated heterocycles. The Balaban J connectivity index is 2.35. The summed E-state index contributed by atoms with van der Waals surface area (Å²) in [5, 5.41) is 1.27. The van der Waals surface area contributed by atoms with Crippen LogP contribution < -0.4 is 5.30 Å². The van der Waals surface area contributed by atoms with Gasteiger partial charge in [-0.1, -0.05) is 86.3 Å². The number of rotatable bonds is 1. The van der Waals surface area contributed by atoms with E-state index < -0.39 is 7.92 Å². The largest absolute Gasteiger partial charge is 0.392 e. The molecule has 0 saturated carbocycles. The van der Waals surface area contributed by atoms with Gasteiger partial charge in [-0.2, -0.15) is 0 Å². The topological polar surface area (TPSA) is 43.4 Å². The van der Waals surface area contributed by atoms with E-state index in [4.69, 9.17) is 4.74 Å². The Bertz CT molecular complexity index is 840. The number of hydrogen-bond acceptors (Lipinski definition) is 3. The molecule has 0 radical (unpaired) electrons. The van der Waals surface area contributed by atoms with Crippen molar-refractivity contribution in [3.8, 4) is 0 Å². The van der Waals surface area contributed by atoms with Gasteiger partial charge in [0.15, 0.2) is 0 Å². The first-order valence-corrected chi connectivity index (χ1v) is 12.0. The molecule has 1 aromatic rings. The minimum Gasteiger partial charge on any atom is -0.392 e. The highest BCUT2D eigenvalue weighted by molar-refractivity contribution is 7.70. The van der Waals surface area contributed by atoms with E-state index in [1.165, 1.54) is 22.0 Å². The zero-order valence-corrected chi connectivity index (χ0v) is 20.2. The van der Waals surface area contributed by atoms with Crippen LogP contribution >= 0.6 is 7.92 Å². The summed E-state index contributed by atoms with van der Waals surface area (Å²) in [6, 6.07) is 4.68. The van der Waals surface area contributed by atoms with Crippen molar-refractivity contribution in [2.75, 3.05) is 0 Å². The molecular formula is C25H35O3P. The van der Waals surface area contributed by atoms with Gasteiger partial charge in [-0.25, -0.2) is 0 Å². The lowest BCUT2D eigenvalue weighted by Crippen LogP contribution is -2.36. The number of carbonyl (C=O) groups excluding carboxylic acids is 2. The van der Waals surface area contributed by atoms with E-state index in [1.807, 2.05) is 0 Å². The average Bonchev–Trinajstić information content (AvgIpc) is 2.86. The van der Waals surface area contributed by atoms with Crippen LogP contribution in [0.25, 0.3) is 0 Å². The smallest absolute Gasteiger partial charge is 0.322 e. The number of allylic oxidation sites excluding steroid dienone is 1. The molecule has 3 atom stereocenters. The van der Waals surface area contributed by atoms with E-state index in [0.29, 0.717) is 6.42 Å². The number of carbonyl (C=O) groups is 2. The second kappa shape index (κ2) is 7.05. The summed E-state index contributed by atoms with van der Waals surface area (Å²) in [5.41, 5.74) is 3.41. The Morgan fingerprint density at radius 2 is 1.34 bits per heavy atom. The van der Waals surface area contributed by atoms with E-state index in [9.17, 15) is 9.59 Å². The Hall–Kier alpha value is -1.47. The van der Waals surface area contributed by atoms with Gasteiger partial charge in [0.05, 0.1) is 11.6 Å². The zero-order valence-electron chi connectivity index (χ0n) is 19.3. The van der Waals surface area contributed by atoms with Crippen LogP contribution in [0.1, 0.15) is 85.4 Å². The molecule has 0 aliphatic carbocycles. The van der Waals surface area contributed by atoms with E-state index >= 15 is 0 Å². The molecule has 29 heavy (non-hydrogen) atoms. The fourth-order valence-electron chi connectivity index (χ4n) is 4.18. The highest BCUT2D eigenvalue weighted by atomic mass is 31.1. The lowest BCUT2D eigenvalue weighted by Gasteiger charge is -2.38. The number of hydrogen-bond donors (Lipinski definition) is 0. The molecule has 3 unspecified atom stereocenters. The van der Waals surface area contributed by atoms with E-state index in [0.717, 1.165) is 0 Å². The Morgan fingerprint density at radius 1 is 0.828 bits per heavy atom. The number of esters is 2. The van der Waals surface area contributed by atoms with Crippen LogP contribution in [-0.2, 0) is 30.6 Å². The monoisotopic (exact) mass is 414 g/mol. The van der Waals surface area contributed by atoms with Crippen molar-refractivity contribution >= 4 is 25.2 Å². The van der Waals surface area contributed by atoms with Crippen LogP contribution in [0.4, 0.5) is 0 Å². The predicted molar refractivity (Wildman–Crippen MR) is 121 cm³/mol. The fourth-order valence-corrected chi connectivity index (χ4v) is 7.41. The maximum atomic E-state index is 12.7. The maximum absolute atomic E-state index is 12.7. The third-order valence-corrected chi connectivity index (χ3v) is 8.63. The van der Waals surface area contributed by atoms with E-state index in [-0.39, 0.29) is 39.8 Å². The summed E-state index contributed by atoms with van der Waals surface area (Å²) < 4.78 is 5.09. The maximum Gasteiger partial charge on any atom is 0.322 e. The van der Waals surface area contributed by atoms with Crippen LogP contribution in [0.5, 0.6) is 0 Å². The highest BCUT2D eigenvalue weighted by Crippen LogP contribution is 2.55. The quantitative estimate of drug-likeness (QED) is 0.338. The molecular weight excluding hydrogens is 379 g/mol. The first-order chi connectivity index (χ1) is 13.1. The van der Waals surface area contributed by atoms with Crippen molar-refractivity contribution in [3.05, 3.63) is 40.7 Å². The van der Waals surface area contributed by atoms with Crippen molar-refractivity contribution in [3.63, 3.8) is 0 Å². The van der Waals surface area contributed by atoms with Gasteiger partial charge in [0, 0.05) is 0 Å². The standard InChI is InChI=1S/C25H35O3P/c1-23(2,3)15-13-17(24(4,5)6)20(18(14-15)25(7,8)9)29-12-10-11-16-19(29)22(27)28-21(16)26/h10,12-14,16,19H,11H2,1-9H3. The van der Waals surface area contributed by atoms with E-state index in [2.05, 4.69) is 86.3 Å². The molecule has 0 N–H and O–H groups in total. The summed E-state index contributed by atoms with van der Waals surface area (Å²) in [7, 11) is -0.968. The molecule has 0 amide bonds. The highest BCUT2D eigenvalue weighted by Gasteiger charge is 2.50. The first-order valence-electron chi connectivity index (χ1n) is 10.5. The van der Waals surface area contributed by atoms with Crippen molar-refractivity contribution in [1.82, 2.24) is 0 Å². The van der Waals surface area contributed by atoms with Gasteiger partial charge in [0.2, 0.25) is 0 Å². The van der Waals surface area contributed by atoms with Gasteiger partial charge in [-0.05, 0) is 52.6 Å². The van der Waals surface area contributed by atoms with Crippen LogP contribution in [0.2, 0.25) is 0 Å². The first kappa shape index (κ1) is 22.2. The van der Waals surface area contributed by atoms with Gasteiger partial charge in [-0.15, -0.1) is 0 Å². The van der Waals surface area contributed by atoms with Gasteiger partial charge >= 0.3 is 11.9 Å². The molecule has 2 heterocycles. The summed E-state index contributed by atoms with van der Waals surface area (Å²) in [4.78, 5) is 25.0. The lowest BCUT2D eigenvalue weighted by atomic mass is 9.75. The molecule has 158 valence electrons. The molecule has 1 fully saturated rings. The second-order valence-corrected chi connectivity index (χ2v) is 13.6. The molecule has 2 aliphatic rings. The van der Waals surface area contributed by atoms with E-state index in [1.54, 1.807) is 0 Å². The molecule has 3 rings (SSSR count). The number of fused-ring (bicyclic) bond motifs is 1. The Labute approximate surface area is 177 Å². The molecule has 0 aromatic heterocycles. The molecule has 0 bridgehead atoms. The van der Waals surface area contributed by atoms with Gasteiger partial charge in [0.25, 0.3) is 0 Å². The van der Waals surface area contributed by atoms with Crippen molar-refractivity contribution < 1.29 is 14.3 Å². The minimum atomic E-state index is -0.968. The Morgan fingerprint density at radius 3 is 1.79 bits per heavy atom.